The molecule has 1 aromatic rings. The average Bonchev–Trinajstić information content (AvgIpc) is 2.10. The van der Waals surface area contributed by atoms with Gasteiger partial charge in [0.1, 0.15) is 0 Å². The van der Waals surface area contributed by atoms with Crippen LogP contribution >= 0.6 is 15.9 Å². The van der Waals surface area contributed by atoms with Crippen molar-refractivity contribution >= 4 is 15.9 Å². The highest BCUT2D eigenvalue weighted by Crippen LogP contribution is 2.36. The van der Waals surface area contributed by atoms with Crippen LogP contribution < -0.4 is 10.5 Å². The van der Waals surface area contributed by atoms with Crippen LogP contribution in [0, 0.1) is 12.7 Å². The zero-order valence-corrected chi connectivity index (χ0v) is 10.9. The highest BCUT2D eigenvalue weighted by atomic mass is 79.9. The lowest BCUT2D eigenvalue weighted by Gasteiger charge is -2.22. The highest BCUT2D eigenvalue weighted by molar-refractivity contribution is 9.10. The Morgan fingerprint density at radius 3 is 2.40 bits per heavy atom. The zero-order valence-electron chi connectivity index (χ0n) is 9.32. The minimum absolute atomic E-state index is 0.212. The van der Waals surface area contributed by atoms with Gasteiger partial charge < -0.3 is 10.5 Å². The van der Waals surface area contributed by atoms with Crippen LogP contribution in [0.1, 0.15) is 25.0 Å². The van der Waals surface area contributed by atoms with Crippen LogP contribution in [-0.2, 0) is 5.54 Å². The van der Waals surface area contributed by atoms with E-state index in [4.69, 9.17) is 10.5 Å². The minimum Gasteiger partial charge on any atom is -0.492 e. The monoisotopic (exact) mass is 275 g/mol. The fourth-order valence-corrected chi connectivity index (χ4v) is 1.84. The second kappa shape index (κ2) is 4.10. The number of benzene rings is 1. The summed E-state index contributed by atoms with van der Waals surface area (Å²) in [5, 5.41) is 0. The molecule has 0 unspecified atom stereocenters. The van der Waals surface area contributed by atoms with Crippen LogP contribution in [0.3, 0.4) is 0 Å². The second-order valence-electron chi connectivity index (χ2n) is 4.12. The molecule has 2 N–H and O–H groups in total. The third-order valence-electron chi connectivity index (χ3n) is 2.24. The lowest BCUT2D eigenvalue weighted by molar-refractivity contribution is 0.373. The Bertz CT molecular complexity index is 385. The third kappa shape index (κ3) is 2.32. The number of nitrogens with two attached hydrogens (primary N) is 1. The van der Waals surface area contributed by atoms with E-state index in [0.29, 0.717) is 10.0 Å². The van der Waals surface area contributed by atoms with E-state index >= 15 is 0 Å². The number of methoxy groups -OCH3 is 1. The van der Waals surface area contributed by atoms with Crippen LogP contribution in [0.5, 0.6) is 5.75 Å². The summed E-state index contributed by atoms with van der Waals surface area (Å²) < 4.78 is 19.6. The van der Waals surface area contributed by atoms with Crippen molar-refractivity contribution in [2.24, 2.45) is 5.73 Å². The topological polar surface area (TPSA) is 35.2 Å². The molecule has 0 aliphatic rings. The lowest BCUT2D eigenvalue weighted by atomic mass is 9.93. The molecule has 1 rings (SSSR count). The summed E-state index contributed by atoms with van der Waals surface area (Å²) in [6, 6.07) is 1.74. The molecule has 4 heteroatoms. The first-order valence-corrected chi connectivity index (χ1v) is 5.40. The summed E-state index contributed by atoms with van der Waals surface area (Å²) in [4.78, 5) is 0. The molecule has 0 aromatic heterocycles. The third-order valence-corrected chi connectivity index (χ3v) is 3.23. The van der Waals surface area contributed by atoms with Crippen molar-refractivity contribution < 1.29 is 9.13 Å². The first-order valence-electron chi connectivity index (χ1n) is 4.61. The summed E-state index contributed by atoms with van der Waals surface area (Å²) in [7, 11) is 1.44. The van der Waals surface area contributed by atoms with Crippen molar-refractivity contribution in [1.82, 2.24) is 0 Å². The molecule has 0 radical (unpaired) electrons. The number of halogens is 2. The molecule has 1 aromatic carbocycles. The molecule has 15 heavy (non-hydrogen) atoms. The zero-order chi connectivity index (χ0) is 11.8. The number of rotatable bonds is 2. The van der Waals surface area contributed by atoms with E-state index in [1.54, 1.807) is 19.9 Å². The first-order chi connectivity index (χ1) is 6.79. The van der Waals surface area contributed by atoms with Crippen LogP contribution in [0.15, 0.2) is 10.5 Å². The van der Waals surface area contributed by atoms with Gasteiger partial charge in [0.05, 0.1) is 11.6 Å². The molecule has 0 spiro atoms. The maximum Gasteiger partial charge on any atom is 0.171 e. The van der Waals surface area contributed by atoms with E-state index in [1.807, 2.05) is 6.92 Å². The molecule has 0 aliphatic carbocycles. The first kappa shape index (κ1) is 12.5. The molecule has 0 fully saturated rings. The van der Waals surface area contributed by atoms with Crippen molar-refractivity contribution in [3.05, 3.63) is 27.5 Å². The summed E-state index contributed by atoms with van der Waals surface area (Å²) in [5.41, 5.74) is 6.53. The normalized spacial score (nSPS) is 11.7. The molecule has 0 atom stereocenters. The fraction of sp³-hybridized carbons (Fsp3) is 0.455. The molecule has 84 valence electrons. The van der Waals surface area contributed by atoms with E-state index in [2.05, 4.69) is 15.9 Å². The minimum atomic E-state index is -0.719. The van der Waals surface area contributed by atoms with Gasteiger partial charge >= 0.3 is 0 Å². The van der Waals surface area contributed by atoms with E-state index in [0.717, 1.165) is 5.56 Å². The maximum absolute atomic E-state index is 14.0. The predicted octanol–water partition coefficient (Wildman–Crippen LogP) is 3.10. The maximum atomic E-state index is 14.0. The van der Waals surface area contributed by atoms with Crippen molar-refractivity contribution in [1.29, 1.82) is 0 Å². The van der Waals surface area contributed by atoms with Gasteiger partial charge in [-0.3, -0.25) is 0 Å². The Morgan fingerprint density at radius 1 is 1.47 bits per heavy atom. The smallest absolute Gasteiger partial charge is 0.171 e. The Hall–Kier alpha value is -0.610. The summed E-state index contributed by atoms with van der Waals surface area (Å²) >= 11 is 3.29. The largest absolute Gasteiger partial charge is 0.492 e. The predicted molar refractivity (Wildman–Crippen MR) is 62.6 cm³/mol. The van der Waals surface area contributed by atoms with Crippen molar-refractivity contribution in [3.8, 4) is 5.75 Å². The van der Waals surface area contributed by atoms with Crippen LogP contribution in [0.2, 0.25) is 0 Å². The van der Waals surface area contributed by atoms with Gasteiger partial charge in [0.15, 0.2) is 11.6 Å². The van der Waals surface area contributed by atoms with E-state index in [1.165, 1.54) is 7.11 Å². The quantitative estimate of drug-likeness (QED) is 0.900. The molecule has 0 aliphatic heterocycles. The van der Waals surface area contributed by atoms with Crippen LogP contribution in [0.4, 0.5) is 4.39 Å². The molecule has 0 saturated carbocycles. The van der Waals surface area contributed by atoms with E-state index < -0.39 is 11.4 Å². The lowest BCUT2D eigenvalue weighted by Crippen LogP contribution is -2.30. The number of ether oxygens (including phenoxy) is 1. The van der Waals surface area contributed by atoms with Gasteiger partial charge in [-0.2, -0.15) is 0 Å². The SMILES string of the molecule is COc1c(F)c(C(C)(C)N)cc(C)c1Br. The average molecular weight is 276 g/mol. The second-order valence-corrected chi connectivity index (χ2v) is 4.92. The van der Waals surface area contributed by atoms with Crippen molar-refractivity contribution in [3.63, 3.8) is 0 Å². The highest BCUT2D eigenvalue weighted by Gasteiger charge is 2.24. The van der Waals surface area contributed by atoms with Gasteiger partial charge in [-0.05, 0) is 48.3 Å². The van der Waals surface area contributed by atoms with E-state index in [9.17, 15) is 4.39 Å². The van der Waals surface area contributed by atoms with Gasteiger partial charge in [0.25, 0.3) is 0 Å². The summed E-state index contributed by atoms with van der Waals surface area (Å²) in [6.07, 6.45) is 0. The fourth-order valence-electron chi connectivity index (χ4n) is 1.39. The molecule has 0 heterocycles. The Morgan fingerprint density at radius 2 is 2.00 bits per heavy atom. The molecule has 0 saturated heterocycles. The van der Waals surface area contributed by atoms with Crippen LogP contribution in [0.25, 0.3) is 0 Å². The summed E-state index contributed by atoms with van der Waals surface area (Å²) in [6.45, 7) is 5.40. The Labute approximate surface area is 97.7 Å². The molecule has 0 amide bonds. The van der Waals surface area contributed by atoms with Crippen molar-refractivity contribution in [2.45, 2.75) is 26.3 Å². The molecule has 2 nitrogen and oxygen atoms in total. The number of hydrogen-bond acceptors (Lipinski definition) is 2. The number of aryl methyl sites for hydroxylation is 1. The molecular weight excluding hydrogens is 261 g/mol. The van der Waals surface area contributed by atoms with Crippen LogP contribution in [-0.4, -0.2) is 7.11 Å². The van der Waals surface area contributed by atoms with Crippen molar-refractivity contribution in [2.75, 3.05) is 7.11 Å². The standard InChI is InChI=1S/C11H15BrFNO/c1-6-5-7(11(2,3)14)9(13)10(15-4)8(6)12/h5H,14H2,1-4H3. The number of hydrogen-bond donors (Lipinski definition) is 1. The van der Waals surface area contributed by atoms with Gasteiger partial charge in [-0.15, -0.1) is 0 Å². The van der Waals surface area contributed by atoms with Gasteiger partial charge in [0, 0.05) is 11.1 Å². The van der Waals surface area contributed by atoms with E-state index in [-0.39, 0.29) is 5.75 Å². The molecule has 0 bridgehead atoms. The van der Waals surface area contributed by atoms with Gasteiger partial charge in [-0.1, -0.05) is 0 Å². The Kier molecular flexibility index (Phi) is 3.41. The van der Waals surface area contributed by atoms with Gasteiger partial charge in [0.2, 0.25) is 0 Å². The Balaban J connectivity index is 3.51. The summed E-state index contributed by atoms with van der Waals surface area (Å²) in [5.74, 6) is -0.189. The van der Waals surface area contributed by atoms with Gasteiger partial charge in [-0.25, -0.2) is 4.39 Å². The molecular formula is C11H15BrFNO.